The van der Waals surface area contributed by atoms with Crippen LogP contribution in [-0.4, -0.2) is 50.7 Å². The number of rotatable bonds is 4. The molecule has 1 amide bonds. The number of carbonyl (C=O) groups excluding carboxylic acids is 1. The van der Waals surface area contributed by atoms with Gasteiger partial charge in [0.15, 0.2) is 0 Å². The standard InChI is InChI=1S/C14H26N2O2/c1-3-14(6-7-15-11-14)13(17)16(2)9-12-5-4-8-18-10-12/h12,15H,3-11H2,1-2H3. The summed E-state index contributed by atoms with van der Waals surface area (Å²) in [5.74, 6) is 0.844. The second kappa shape index (κ2) is 6.02. The summed E-state index contributed by atoms with van der Waals surface area (Å²) in [6.07, 6.45) is 4.24. The lowest BCUT2D eigenvalue weighted by Gasteiger charge is -2.33. The molecule has 2 aliphatic rings. The zero-order chi connectivity index (χ0) is 13.0. The van der Waals surface area contributed by atoms with Crippen molar-refractivity contribution in [2.45, 2.75) is 32.6 Å². The van der Waals surface area contributed by atoms with Gasteiger partial charge in [-0.05, 0) is 38.1 Å². The second-order valence-electron chi connectivity index (χ2n) is 5.83. The number of nitrogens with zero attached hydrogens (tertiary/aromatic N) is 1. The smallest absolute Gasteiger partial charge is 0.229 e. The summed E-state index contributed by atoms with van der Waals surface area (Å²) in [5, 5.41) is 3.33. The number of carbonyl (C=O) groups is 1. The number of nitrogens with one attached hydrogen (secondary N) is 1. The summed E-state index contributed by atoms with van der Waals surface area (Å²) in [6, 6.07) is 0. The highest BCUT2D eigenvalue weighted by atomic mass is 16.5. The third-order valence-electron chi connectivity index (χ3n) is 4.51. The van der Waals surface area contributed by atoms with Gasteiger partial charge in [-0.15, -0.1) is 0 Å². The lowest BCUT2D eigenvalue weighted by Crippen LogP contribution is -2.45. The Balaban J connectivity index is 1.90. The molecular formula is C14H26N2O2. The van der Waals surface area contributed by atoms with Crippen LogP contribution in [-0.2, 0) is 9.53 Å². The maximum atomic E-state index is 12.6. The minimum atomic E-state index is -0.149. The highest BCUT2D eigenvalue weighted by Gasteiger charge is 2.41. The molecule has 104 valence electrons. The molecule has 4 heteroatoms. The molecule has 2 atom stereocenters. The lowest BCUT2D eigenvalue weighted by atomic mass is 9.82. The minimum Gasteiger partial charge on any atom is -0.381 e. The minimum absolute atomic E-state index is 0.149. The predicted octanol–water partition coefficient (Wildman–Crippen LogP) is 1.26. The zero-order valence-corrected chi connectivity index (χ0v) is 11.7. The van der Waals surface area contributed by atoms with Gasteiger partial charge in [-0.1, -0.05) is 6.92 Å². The largest absolute Gasteiger partial charge is 0.381 e. The fourth-order valence-electron chi connectivity index (χ4n) is 3.21. The molecule has 0 aromatic carbocycles. The van der Waals surface area contributed by atoms with E-state index in [4.69, 9.17) is 4.74 Å². The summed E-state index contributed by atoms with van der Waals surface area (Å²) in [6.45, 7) is 6.49. The van der Waals surface area contributed by atoms with E-state index >= 15 is 0 Å². The maximum Gasteiger partial charge on any atom is 0.229 e. The Morgan fingerprint density at radius 1 is 1.56 bits per heavy atom. The van der Waals surface area contributed by atoms with Crippen LogP contribution in [0.2, 0.25) is 0 Å². The molecule has 0 saturated carbocycles. The van der Waals surface area contributed by atoms with Gasteiger partial charge in [-0.3, -0.25) is 4.79 Å². The first-order chi connectivity index (χ1) is 8.68. The van der Waals surface area contributed by atoms with Gasteiger partial charge in [0.1, 0.15) is 0 Å². The first-order valence-electron chi connectivity index (χ1n) is 7.22. The molecule has 2 fully saturated rings. The Bertz CT molecular complexity index is 282. The molecule has 0 spiro atoms. The van der Waals surface area contributed by atoms with Crippen molar-refractivity contribution in [3.63, 3.8) is 0 Å². The average Bonchev–Trinajstić information content (AvgIpc) is 2.89. The van der Waals surface area contributed by atoms with Gasteiger partial charge in [0.05, 0.1) is 12.0 Å². The molecule has 4 nitrogen and oxygen atoms in total. The van der Waals surface area contributed by atoms with Crippen molar-refractivity contribution in [3.05, 3.63) is 0 Å². The Kier molecular flexibility index (Phi) is 4.62. The monoisotopic (exact) mass is 254 g/mol. The SMILES string of the molecule is CCC1(C(=O)N(C)CC2CCCOC2)CCNC1. The van der Waals surface area contributed by atoms with Crippen LogP contribution in [0.25, 0.3) is 0 Å². The molecule has 2 saturated heterocycles. The van der Waals surface area contributed by atoms with E-state index in [1.807, 2.05) is 11.9 Å². The molecular weight excluding hydrogens is 228 g/mol. The van der Waals surface area contributed by atoms with Gasteiger partial charge < -0.3 is 15.0 Å². The Labute approximate surface area is 110 Å². The quantitative estimate of drug-likeness (QED) is 0.821. The molecule has 1 N–H and O–H groups in total. The molecule has 18 heavy (non-hydrogen) atoms. The van der Waals surface area contributed by atoms with Gasteiger partial charge in [-0.25, -0.2) is 0 Å². The van der Waals surface area contributed by atoms with E-state index in [9.17, 15) is 4.79 Å². The van der Waals surface area contributed by atoms with E-state index in [-0.39, 0.29) is 5.41 Å². The highest BCUT2D eigenvalue weighted by molar-refractivity contribution is 5.83. The summed E-state index contributed by atoms with van der Waals surface area (Å²) < 4.78 is 5.49. The molecule has 0 radical (unpaired) electrons. The van der Waals surface area contributed by atoms with Crippen molar-refractivity contribution in [1.29, 1.82) is 0 Å². The fourth-order valence-corrected chi connectivity index (χ4v) is 3.21. The summed E-state index contributed by atoms with van der Waals surface area (Å²) in [4.78, 5) is 14.6. The zero-order valence-electron chi connectivity index (χ0n) is 11.7. The predicted molar refractivity (Wildman–Crippen MR) is 71.4 cm³/mol. The highest BCUT2D eigenvalue weighted by Crippen LogP contribution is 2.31. The number of hydrogen-bond acceptors (Lipinski definition) is 3. The molecule has 0 aromatic rings. The molecule has 0 aromatic heterocycles. The van der Waals surface area contributed by atoms with Gasteiger partial charge in [0.2, 0.25) is 5.91 Å². The van der Waals surface area contributed by atoms with Crippen LogP contribution in [0.1, 0.15) is 32.6 Å². The topological polar surface area (TPSA) is 41.6 Å². The molecule has 2 rings (SSSR count). The summed E-state index contributed by atoms with van der Waals surface area (Å²) in [5.41, 5.74) is -0.149. The average molecular weight is 254 g/mol. The molecule has 2 aliphatic heterocycles. The van der Waals surface area contributed by atoms with Gasteiger partial charge in [-0.2, -0.15) is 0 Å². The van der Waals surface area contributed by atoms with Crippen LogP contribution in [0, 0.1) is 11.3 Å². The van der Waals surface area contributed by atoms with Crippen molar-refractivity contribution in [1.82, 2.24) is 10.2 Å². The van der Waals surface area contributed by atoms with Crippen LogP contribution in [0.15, 0.2) is 0 Å². The van der Waals surface area contributed by atoms with E-state index < -0.39 is 0 Å². The van der Waals surface area contributed by atoms with E-state index in [1.54, 1.807) is 0 Å². The third kappa shape index (κ3) is 2.86. The maximum absolute atomic E-state index is 12.6. The van der Waals surface area contributed by atoms with E-state index in [2.05, 4.69) is 12.2 Å². The van der Waals surface area contributed by atoms with Crippen molar-refractivity contribution >= 4 is 5.91 Å². The fraction of sp³-hybridized carbons (Fsp3) is 0.929. The third-order valence-corrected chi connectivity index (χ3v) is 4.51. The Morgan fingerprint density at radius 3 is 2.94 bits per heavy atom. The van der Waals surface area contributed by atoms with Crippen molar-refractivity contribution in [3.8, 4) is 0 Å². The summed E-state index contributed by atoms with van der Waals surface area (Å²) in [7, 11) is 1.95. The lowest BCUT2D eigenvalue weighted by molar-refractivity contribution is -0.141. The molecule has 2 heterocycles. The molecule has 2 unspecified atom stereocenters. The van der Waals surface area contributed by atoms with Crippen LogP contribution in [0.3, 0.4) is 0 Å². The van der Waals surface area contributed by atoms with E-state index in [1.165, 1.54) is 6.42 Å². The van der Waals surface area contributed by atoms with Crippen LogP contribution < -0.4 is 5.32 Å². The van der Waals surface area contributed by atoms with Crippen molar-refractivity contribution in [2.75, 3.05) is 39.9 Å². The van der Waals surface area contributed by atoms with Gasteiger partial charge >= 0.3 is 0 Å². The normalized spacial score (nSPS) is 32.4. The van der Waals surface area contributed by atoms with Crippen LogP contribution >= 0.6 is 0 Å². The van der Waals surface area contributed by atoms with Gasteiger partial charge in [0.25, 0.3) is 0 Å². The second-order valence-corrected chi connectivity index (χ2v) is 5.83. The first kappa shape index (κ1) is 13.8. The van der Waals surface area contributed by atoms with Crippen molar-refractivity contribution in [2.24, 2.45) is 11.3 Å². The van der Waals surface area contributed by atoms with E-state index in [0.717, 1.165) is 52.1 Å². The van der Waals surface area contributed by atoms with E-state index in [0.29, 0.717) is 11.8 Å². The number of hydrogen-bond donors (Lipinski definition) is 1. The van der Waals surface area contributed by atoms with Crippen LogP contribution in [0.5, 0.6) is 0 Å². The van der Waals surface area contributed by atoms with Crippen molar-refractivity contribution < 1.29 is 9.53 Å². The number of amides is 1. The van der Waals surface area contributed by atoms with Crippen LogP contribution in [0.4, 0.5) is 0 Å². The molecule has 0 aliphatic carbocycles. The Morgan fingerprint density at radius 2 is 2.39 bits per heavy atom. The summed E-state index contributed by atoms with van der Waals surface area (Å²) >= 11 is 0. The first-order valence-corrected chi connectivity index (χ1v) is 7.22. The number of ether oxygens (including phenoxy) is 1. The Hall–Kier alpha value is -0.610. The molecule has 0 bridgehead atoms. The van der Waals surface area contributed by atoms with Gasteiger partial charge in [0, 0.05) is 26.7 Å².